The van der Waals surface area contributed by atoms with Crippen LogP contribution in [0.1, 0.15) is 19.6 Å². The highest BCUT2D eigenvalue weighted by molar-refractivity contribution is 7.21. The second kappa shape index (κ2) is 6.39. The molecule has 4 nitrogen and oxygen atoms in total. The zero-order chi connectivity index (χ0) is 14.7. The van der Waals surface area contributed by atoms with Gasteiger partial charge in [-0.3, -0.25) is 0 Å². The molecule has 110 valence electrons. The summed E-state index contributed by atoms with van der Waals surface area (Å²) in [6.45, 7) is 5.46. The average Bonchev–Trinajstić information content (AvgIpc) is 3.09. The van der Waals surface area contributed by atoms with Crippen molar-refractivity contribution in [2.45, 2.75) is 20.4 Å². The van der Waals surface area contributed by atoms with Crippen molar-refractivity contribution in [2.24, 2.45) is 5.92 Å². The molecule has 0 spiro atoms. The number of benzene rings is 1. The lowest BCUT2D eigenvalue weighted by Gasteiger charge is -2.06. The molecule has 5 heteroatoms. The van der Waals surface area contributed by atoms with E-state index < -0.39 is 0 Å². The van der Waals surface area contributed by atoms with Crippen LogP contribution in [0, 0.1) is 5.92 Å². The molecule has 1 aromatic carbocycles. The number of hydrogen-bond acceptors (Lipinski definition) is 5. The highest BCUT2D eigenvalue weighted by Crippen LogP contribution is 2.30. The van der Waals surface area contributed by atoms with Gasteiger partial charge in [-0.05, 0) is 30.2 Å². The van der Waals surface area contributed by atoms with Crippen LogP contribution < -0.4 is 5.48 Å². The van der Waals surface area contributed by atoms with E-state index in [1.165, 1.54) is 4.70 Å². The molecule has 0 saturated heterocycles. The number of aromatic nitrogens is 1. The Morgan fingerprint density at radius 3 is 2.90 bits per heavy atom. The molecule has 3 rings (SSSR count). The summed E-state index contributed by atoms with van der Waals surface area (Å²) in [4.78, 5) is 9.93. The molecule has 0 amide bonds. The summed E-state index contributed by atoms with van der Waals surface area (Å²) in [7, 11) is 0. The molecule has 0 aliphatic rings. The Morgan fingerprint density at radius 2 is 2.10 bits per heavy atom. The van der Waals surface area contributed by atoms with Gasteiger partial charge < -0.3 is 9.25 Å². The van der Waals surface area contributed by atoms with Gasteiger partial charge in [-0.1, -0.05) is 26.0 Å². The largest absolute Gasteiger partial charge is 0.457 e. The number of para-hydroxylation sites is 1. The average molecular weight is 302 g/mol. The van der Waals surface area contributed by atoms with E-state index in [0.717, 1.165) is 22.0 Å². The van der Waals surface area contributed by atoms with Gasteiger partial charge in [-0.2, -0.15) is 5.48 Å². The number of furan rings is 1. The summed E-state index contributed by atoms with van der Waals surface area (Å²) in [5.74, 6) is 2.15. The zero-order valence-electron chi connectivity index (χ0n) is 12.1. The Kier molecular flexibility index (Phi) is 4.34. The van der Waals surface area contributed by atoms with Gasteiger partial charge in [-0.15, -0.1) is 11.3 Å². The number of rotatable bonds is 6. The monoisotopic (exact) mass is 302 g/mol. The van der Waals surface area contributed by atoms with Crippen LogP contribution in [-0.4, -0.2) is 11.6 Å². The van der Waals surface area contributed by atoms with E-state index in [-0.39, 0.29) is 0 Å². The van der Waals surface area contributed by atoms with Crippen molar-refractivity contribution in [2.75, 3.05) is 6.61 Å². The molecule has 0 saturated carbocycles. The molecule has 0 atom stereocenters. The molecule has 0 aliphatic carbocycles. The lowest BCUT2D eigenvalue weighted by Crippen LogP contribution is -2.16. The first-order valence-corrected chi connectivity index (χ1v) is 7.83. The SMILES string of the molecule is CC(C)CONCc1ccc(-c2nc3ccccc3s2)o1. The summed E-state index contributed by atoms with van der Waals surface area (Å²) in [6, 6.07) is 12.0. The minimum absolute atomic E-state index is 0.507. The van der Waals surface area contributed by atoms with Gasteiger partial charge in [0.05, 0.1) is 23.4 Å². The van der Waals surface area contributed by atoms with Crippen LogP contribution in [0.15, 0.2) is 40.8 Å². The summed E-state index contributed by atoms with van der Waals surface area (Å²) in [6.07, 6.45) is 0. The van der Waals surface area contributed by atoms with Crippen molar-refractivity contribution < 1.29 is 9.25 Å². The lowest BCUT2D eigenvalue weighted by molar-refractivity contribution is 0.0166. The minimum Gasteiger partial charge on any atom is -0.457 e. The maximum Gasteiger partial charge on any atom is 0.163 e. The maximum absolute atomic E-state index is 5.81. The number of nitrogens with zero attached hydrogens (tertiary/aromatic N) is 1. The number of hydroxylamine groups is 1. The van der Waals surface area contributed by atoms with E-state index in [1.807, 2.05) is 30.3 Å². The molecular formula is C16H18N2O2S. The first-order valence-electron chi connectivity index (χ1n) is 7.01. The second-order valence-corrected chi connectivity index (χ2v) is 6.31. The molecule has 21 heavy (non-hydrogen) atoms. The van der Waals surface area contributed by atoms with Gasteiger partial charge in [0.15, 0.2) is 10.8 Å². The van der Waals surface area contributed by atoms with Crippen LogP contribution in [0.5, 0.6) is 0 Å². The molecular weight excluding hydrogens is 284 g/mol. The Labute approximate surface area is 127 Å². The third-order valence-electron chi connectivity index (χ3n) is 2.93. The third-order valence-corrected chi connectivity index (χ3v) is 3.98. The van der Waals surface area contributed by atoms with Gasteiger partial charge in [0, 0.05) is 0 Å². The van der Waals surface area contributed by atoms with Crippen molar-refractivity contribution in [1.29, 1.82) is 0 Å². The predicted molar refractivity (Wildman–Crippen MR) is 85.0 cm³/mol. The standard InChI is InChI=1S/C16H18N2O2S/c1-11(2)10-19-17-9-12-7-8-14(20-12)16-18-13-5-3-4-6-15(13)21-16/h3-8,11,17H,9-10H2,1-2H3. The van der Waals surface area contributed by atoms with E-state index in [9.17, 15) is 0 Å². The maximum atomic E-state index is 5.81. The first-order chi connectivity index (χ1) is 10.2. The number of thiazole rings is 1. The van der Waals surface area contributed by atoms with E-state index in [1.54, 1.807) is 11.3 Å². The normalized spacial score (nSPS) is 11.6. The quantitative estimate of drug-likeness (QED) is 0.546. The van der Waals surface area contributed by atoms with Crippen LogP contribution in [0.3, 0.4) is 0 Å². The Bertz CT molecular complexity index is 685. The van der Waals surface area contributed by atoms with Crippen LogP contribution in [-0.2, 0) is 11.4 Å². The Morgan fingerprint density at radius 1 is 1.24 bits per heavy atom. The summed E-state index contributed by atoms with van der Waals surface area (Å²) >= 11 is 1.64. The van der Waals surface area contributed by atoms with Crippen LogP contribution in [0.2, 0.25) is 0 Å². The van der Waals surface area contributed by atoms with Crippen molar-refractivity contribution in [1.82, 2.24) is 10.5 Å². The smallest absolute Gasteiger partial charge is 0.163 e. The second-order valence-electron chi connectivity index (χ2n) is 5.28. The number of nitrogens with one attached hydrogen (secondary N) is 1. The van der Waals surface area contributed by atoms with Gasteiger partial charge in [0.1, 0.15) is 5.76 Å². The highest BCUT2D eigenvalue weighted by atomic mass is 32.1. The molecule has 0 unspecified atom stereocenters. The van der Waals surface area contributed by atoms with Crippen molar-refractivity contribution in [3.8, 4) is 10.8 Å². The molecule has 0 aliphatic heterocycles. The summed E-state index contributed by atoms with van der Waals surface area (Å²) in [5, 5.41) is 0.908. The van der Waals surface area contributed by atoms with Gasteiger partial charge in [0.25, 0.3) is 0 Å². The lowest BCUT2D eigenvalue weighted by atomic mass is 10.2. The van der Waals surface area contributed by atoms with Crippen LogP contribution in [0.4, 0.5) is 0 Å². The van der Waals surface area contributed by atoms with Gasteiger partial charge in [0.2, 0.25) is 0 Å². The van der Waals surface area contributed by atoms with E-state index in [2.05, 4.69) is 30.4 Å². The van der Waals surface area contributed by atoms with Crippen LogP contribution >= 0.6 is 11.3 Å². The topological polar surface area (TPSA) is 47.3 Å². The highest BCUT2D eigenvalue weighted by Gasteiger charge is 2.10. The fraction of sp³-hybridized carbons (Fsp3) is 0.312. The molecule has 2 heterocycles. The molecule has 2 aromatic heterocycles. The summed E-state index contributed by atoms with van der Waals surface area (Å²) < 4.78 is 6.98. The Hall–Kier alpha value is -1.69. The third kappa shape index (κ3) is 3.50. The molecule has 0 radical (unpaired) electrons. The summed E-state index contributed by atoms with van der Waals surface area (Å²) in [5.41, 5.74) is 3.92. The van der Waals surface area contributed by atoms with E-state index in [0.29, 0.717) is 19.1 Å². The number of hydrogen-bond donors (Lipinski definition) is 1. The molecule has 0 fully saturated rings. The van der Waals surface area contributed by atoms with E-state index in [4.69, 9.17) is 9.25 Å². The van der Waals surface area contributed by atoms with Crippen molar-refractivity contribution in [3.05, 3.63) is 42.2 Å². The minimum atomic E-state index is 0.507. The van der Waals surface area contributed by atoms with Crippen molar-refractivity contribution >= 4 is 21.6 Å². The molecule has 3 aromatic rings. The van der Waals surface area contributed by atoms with Crippen LogP contribution in [0.25, 0.3) is 21.0 Å². The predicted octanol–water partition coefficient (Wildman–Crippen LogP) is 4.23. The molecule has 1 N–H and O–H groups in total. The van der Waals surface area contributed by atoms with Gasteiger partial charge >= 0.3 is 0 Å². The van der Waals surface area contributed by atoms with Gasteiger partial charge in [-0.25, -0.2) is 4.98 Å². The Balaban J connectivity index is 1.66. The van der Waals surface area contributed by atoms with E-state index >= 15 is 0 Å². The molecule has 0 bridgehead atoms. The number of fused-ring (bicyclic) bond motifs is 1. The fourth-order valence-corrected chi connectivity index (χ4v) is 2.84. The first kappa shape index (κ1) is 14.3. The zero-order valence-corrected chi connectivity index (χ0v) is 12.9. The van der Waals surface area contributed by atoms with Crippen molar-refractivity contribution in [3.63, 3.8) is 0 Å². The fourth-order valence-electron chi connectivity index (χ4n) is 1.91.